The Bertz CT molecular complexity index is 1000. The number of hydrogen-bond donors (Lipinski definition) is 1. The zero-order chi connectivity index (χ0) is 25.6. The van der Waals surface area contributed by atoms with Crippen molar-refractivity contribution in [3.8, 4) is 11.8 Å². The van der Waals surface area contributed by atoms with Crippen LogP contribution < -0.4 is 0 Å². The molecule has 1 N–H and O–H groups in total. The third-order valence-corrected chi connectivity index (χ3v) is 6.03. The monoisotopic (exact) mass is 498 g/mol. The number of hydrogen-bond acceptors (Lipinski definition) is 8. The van der Waals surface area contributed by atoms with Crippen molar-refractivity contribution in [1.82, 2.24) is 0 Å². The van der Waals surface area contributed by atoms with Gasteiger partial charge >= 0.3 is 0 Å². The molecule has 2 aliphatic carbocycles. The molecule has 0 bridgehead atoms. The summed E-state index contributed by atoms with van der Waals surface area (Å²) in [4.78, 5) is 36.7. The zero-order valence-electron chi connectivity index (χ0n) is 20.6. The van der Waals surface area contributed by atoms with Gasteiger partial charge in [0.2, 0.25) is 0 Å². The molecule has 0 aliphatic heterocycles. The van der Waals surface area contributed by atoms with Crippen LogP contribution in [0.25, 0.3) is 0 Å². The van der Waals surface area contributed by atoms with E-state index in [1.54, 1.807) is 6.08 Å². The van der Waals surface area contributed by atoms with E-state index in [9.17, 15) is 14.4 Å². The summed E-state index contributed by atoms with van der Waals surface area (Å²) >= 11 is 0. The first-order chi connectivity index (χ1) is 17.6. The van der Waals surface area contributed by atoms with Crippen LogP contribution in [0.4, 0.5) is 0 Å². The summed E-state index contributed by atoms with van der Waals surface area (Å²) in [5.74, 6) is 5.62. The Morgan fingerprint density at radius 3 is 2.28 bits per heavy atom. The molecule has 8 heteroatoms. The number of rotatable bonds is 13. The van der Waals surface area contributed by atoms with Crippen molar-refractivity contribution < 1.29 is 38.4 Å². The van der Waals surface area contributed by atoms with E-state index in [2.05, 4.69) is 11.8 Å². The molecule has 8 nitrogen and oxygen atoms in total. The second-order valence-corrected chi connectivity index (χ2v) is 8.59. The minimum Gasteiger partial charge on any atom is -0.394 e. The molecule has 0 amide bonds. The van der Waals surface area contributed by atoms with Crippen LogP contribution in [0.5, 0.6) is 0 Å². The molecule has 1 aromatic carbocycles. The van der Waals surface area contributed by atoms with Gasteiger partial charge in [0.25, 0.3) is 0 Å². The van der Waals surface area contributed by atoms with Crippen molar-refractivity contribution in [3.05, 3.63) is 46.5 Å². The molecule has 0 saturated heterocycles. The van der Waals surface area contributed by atoms with Crippen LogP contribution in [0.3, 0.4) is 0 Å². The summed E-state index contributed by atoms with van der Waals surface area (Å²) in [5.41, 5.74) is 3.04. The number of ether oxygens (including phenoxy) is 4. The Hall–Kier alpha value is -2.67. The molecule has 1 aromatic rings. The summed E-state index contributed by atoms with van der Waals surface area (Å²) < 4.78 is 21.3. The van der Waals surface area contributed by atoms with E-state index in [4.69, 9.17) is 24.1 Å². The molecular formula is C28H34O8. The molecule has 0 spiro atoms. The first kappa shape index (κ1) is 27.9. The van der Waals surface area contributed by atoms with E-state index in [0.29, 0.717) is 83.1 Å². The Morgan fingerprint density at radius 2 is 1.58 bits per heavy atom. The van der Waals surface area contributed by atoms with Gasteiger partial charge in [-0.15, -0.1) is 0 Å². The van der Waals surface area contributed by atoms with Crippen molar-refractivity contribution in [2.24, 2.45) is 5.92 Å². The lowest BCUT2D eigenvalue weighted by atomic mass is 9.80. The van der Waals surface area contributed by atoms with Crippen LogP contribution in [-0.2, 0) is 35.0 Å². The number of allylic oxidation sites excluding steroid dienone is 2. The maximum absolute atomic E-state index is 13.1. The molecule has 1 atom stereocenters. The highest BCUT2D eigenvalue weighted by Crippen LogP contribution is 2.30. The van der Waals surface area contributed by atoms with Crippen LogP contribution in [0.2, 0.25) is 0 Å². The molecule has 0 radical (unpaired) electrons. The van der Waals surface area contributed by atoms with Gasteiger partial charge in [-0.2, -0.15) is 0 Å². The Kier molecular flexibility index (Phi) is 12.0. The van der Waals surface area contributed by atoms with Crippen molar-refractivity contribution in [3.63, 3.8) is 0 Å². The van der Waals surface area contributed by atoms with Crippen LogP contribution in [0.15, 0.2) is 29.8 Å². The molecular weight excluding hydrogens is 464 g/mol. The average molecular weight is 499 g/mol. The third-order valence-electron chi connectivity index (χ3n) is 6.03. The van der Waals surface area contributed by atoms with Gasteiger partial charge in [-0.05, 0) is 36.5 Å². The van der Waals surface area contributed by atoms with Crippen molar-refractivity contribution in [2.45, 2.75) is 32.1 Å². The van der Waals surface area contributed by atoms with E-state index in [0.717, 1.165) is 11.1 Å². The van der Waals surface area contributed by atoms with E-state index in [-0.39, 0.29) is 42.9 Å². The minimum atomic E-state index is -0.336. The topological polar surface area (TPSA) is 108 Å². The molecule has 194 valence electrons. The first-order valence-electron chi connectivity index (χ1n) is 12.4. The van der Waals surface area contributed by atoms with Crippen molar-refractivity contribution in [2.75, 3.05) is 59.5 Å². The molecule has 0 heterocycles. The van der Waals surface area contributed by atoms with Gasteiger partial charge < -0.3 is 24.1 Å². The Balaban J connectivity index is 1.39. The van der Waals surface area contributed by atoms with Gasteiger partial charge in [0.1, 0.15) is 18.2 Å². The average Bonchev–Trinajstić information content (AvgIpc) is 2.87. The molecule has 36 heavy (non-hydrogen) atoms. The summed E-state index contributed by atoms with van der Waals surface area (Å²) in [5, 5.41) is 8.59. The van der Waals surface area contributed by atoms with Crippen molar-refractivity contribution in [1.29, 1.82) is 0 Å². The summed E-state index contributed by atoms with van der Waals surface area (Å²) in [6.07, 6.45) is 3.90. The molecule has 3 rings (SSSR count). The van der Waals surface area contributed by atoms with E-state index in [1.165, 1.54) is 0 Å². The van der Waals surface area contributed by atoms with Crippen LogP contribution in [0, 0.1) is 17.8 Å². The first-order valence-corrected chi connectivity index (χ1v) is 12.4. The summed E-state index contributed by atoms with van der Waals surface area (Å²) in [6, 6.07) is 5.54. The maximum atomic E-state index is 13.1. The maximum Gasteiger partial charge on any atom is 0.189 e. The van der Waals surface area contributed by atoms with E-state index in [1.807, 2.05) is 18.2 Å². The summed E-state index contributed by atoms with van der Waals surface area (Å²) in [7, 11) is 0. The van der Waals surface area contributed by atoms with Gasteiger partial charge in [-0.3, -0.25) is 14.4 Å². The number of Topliss-reactive ketones (excluding diaryl/α,β-unsaturated/α-hetero) is 3. The lowest BCUT2D eigenvalue weighted by molar-refractivity contribution is -0.131. The summed E-state index contributed by atoms with van der Waals surface area (Å²) in [6.45, 7) is 3.28. The normalized spacial score (nSPS) is 18.8. The highest BCUT2D eigenvalue weighted by molar-refractivity contribution is 6.12. The molecule has 0 aromatic heterocycles. The van der Waals surface area contributed by atoms with Gasteiger partial charge in [-0.1, -0.05) is 30.0 Å². The van der Waals surface area contributed by atoms with E-state index < -0.39 is 0 Å². The smallest absolute Gasteiger partial charge is 0.189 e. The van der Waals surface area contributed by atoms with Gasteiger partial charge in [0.15, 0.2) is 5.78 Å². The fraction of sp³-hybridized carbons (Fsp3) is 0.536. The van der Waals surface area contributed by atoms with Gasteiger partial charge in [0.05, 0.1) is 59.3 Å². The number of carbonyl (C=O) groups is 3. The second-order valence-electron chi connectivity index (χ2n) is 8.59. The largest absolute Gasteiger partial charge is 0.394 e. The standard InChI is InChI=1S/C28H34O8/c29-10-12-34-14-16-36-18-17-35-15-13-33-11-2-4-21-3-1-5-26-25(21)9-7-23(28(26)32)19-22-6-8-24(30)20-27(22)31/h1,3,5,19,22,29H,6-18,20H2/b23-19-. The fourth-order valence-corrected chi connectivity index (χ4v) is 4.18. The lowest BCUT2D eigenvalue weighted by Gasteiger charge is -2.22. The van der Waals surface area contributed by atoms with E-state index >= 15 is 0 Å². The molecule has 1 unspecified atom stereocenters. The quantitative estimate of drug-likeness (QED) is 0.191. The van der Waals surface area contributed by atoms with Crippen LogP contribution in [0.1, 0.15) is 47.2 Å². The number of fused-ring (bicyclic) bond motifs is 1. The predicted molar refractivity (Wildman–Crippen MR) is 132 cm³/mol. The number of carbonyl (C=O) groups excluding carboxylic acids is 3. The van der Waals surface area contributed by atoms with Crippen molar-refractivity contribution >= 4 is 17.3 Å². The fourth-order valence-electron chi connectivity index (χ4n) is 4.18. The minimum absolute atomic E-state index is 0.00901. The molecule has 1 saturated carbocycles. The predicted octanol–water partition coefficient (Wildman–Crippen LogP) is 2.09. The Morgan fingerprint density at radius 1 is 0.889 bits per heavy atom. The third kappa shape index (κ3) is 8.77. The number of benzene rings is 1. The van der Waals surface area contributed by atoms with Crippen LogP contribution >= 0.6 is 0 Å². The molecule has 1 fully saturated rings. The van der Waals surface area contributed by atoms with Gasteiger partial charge in [-0.25, -0.2) is 0 Å². The number of aliphatic hydroxyl groups is 1. The zero-order valence-corrected chi connectivity index (χ0v) is 20.6. The number of ketones is 3. The number of aliphatic hydroxyl groups excluding tert-OH is 1. The Labute approximate surface area is 211 Å². The molecule has 2 aliphatic rings. The lowest BCUT2D eigenvalue weighted by Crippen LogP contribution is -2.25. The van der Waals surface area contributed by atoms with Gasteiger partial charge in [0, 0.05) is 23.5 Å². The van der Waals surface area contributed by atoms with Crippen LogP contribution in [-0.4, -0.2) is 81.9 Å². The second kappa shape index (κ2) is 15.4. The highest BCUT2D eigenvalue weighted by atomic mass is 16.6. The highest BCUT2D eigenvalue weighted by Gasteiger charge is 2.29. The SMILES string of the molecule is O=C1CCC(/C=C2/CCc3c(C#CCOCCOCCOCCOCCO)cccc3C2=O)C(=O)C1.